The smallest absolute Gasteiger partial charge is 0.329 e. The van der Waals surface area contributed by atoms with Crippen LogP contribution in [0.1, 0.15) is 12.5 Å². The molecule has 1 aromatic carbocycles. The van der Waals surface area contributed by atoms with Gasteiger partial charge in [0.1, 0.15) is 12.2 Å². The van der Waals surface area contributed by atoms with Gasteiger partial charge in [-0.25, -0.2) is 9.69 Å². The van der Waals surface area contributed by atoms with Crippen LogP contribution >= 0.6 is 11.6 Å². The number of amides is 3. The number of methoxy groups -OCH3 is 1. The zero-order chi connectivity index (χ0) is 17.9. The second-order valence-electron chi connectivity index (χ2n) is 4.74. The highest BCUT2D eigenvalue weighted by Crippen LogP contribution is 2.37. The summed E-state index contributed by atoms with van der Waals surface area (Å²) in [6.07, 6.45) is 1.38. The predicted octanol–water partition coefficient (Wildman–Crippen LogP) is 1.72. The highest BCUT2D eigenvalue weighted by molar-refractivity contribution is 6.32. The Hall–Kier alpha value is -2.74. The van der Waals surface area contributed by atoms with Crippen molar-refractivity contribution in [3.05, 3.63) is 28.4 Å². The molecule has 24 heavy (non-hydrogen) atoms. The van der Waals surface area contributed by atoms with Crippen LogP contribution in [0.4, 0.5) is 4.79 Å². The van der Waals surface area contributed by atoms with E-state index in [2.05, 4.69) is 5.32 Å². The van der Waals surface area contributed by atoms with Gasteiger partial charge in [0.15, 0.2) is 11.5 Å². The number of benzene rings is 1. The fourth-order valence-electron chi connectivity index (χ4n) is 2.15. The molecule has 2 N–H and O–H groups in total. The maximum Gasteiger partial charge on any atom is 0.329 e. The fraction of sp³-hybridized carbons (Fsp3) is 0.267. The molecule has 0 bridgehead atoms. The lowest BCUT2D eigenvalue weighted by atomic mass is 10.1. The van der Waals surface area contributed by atoms with Crippen LogP contribution in [0, 0.1) is 0 Å². The number of ether oxygens (including phenoxy) is 2. The molecule has 3 amide bonds. The molecule has 1 saturated heterocycles. The van der Waals surface area contributed by atoms with E-state index in [0.717, 1.165) is 0 Å². The Morgan fingerprint density at radius 2 is 2.12 bits per heavy atom. The van der Waals surface area contributed by atoms with Crippen molar-refractivity contribution in [3.8, 4) is 11.5 Å². The van der Waals surface area contributed by atoms with Crippen LogP contribution in [0.3, 0.4) is 0 Å². The van der Waals surface area contributed by atoms with Gasteiger partial charge in [-0.3, -0.25) is 9.59 Å². The lowest BCUT2D eigenvalue weighted by Crippen LogP contribution is -2.35. The Labute approximate surface area is 142 Å². The van der Waals surface area contributed by atoms with Crippen LogP contribution in [-0.2, 0) is 9.59 Å². The minimum atomic E-state index is -1.29. The van der Waals surface area contributed by atoms with Crippen molar-refractivity contribution < 1.29 is 29.0 Å². The van der Waals surface area contributed by atoms with Gasteiger partial charge >= 0.3 is 12.0 Å². The molecule has 0 radical (unpaired) electrons. The van der Waals surface area contributed by atoms with E-state index in [1.54, 1.807) is 13.0 Å². The van der Waals surface area contributed by atoms with Crippen LogP contribution in [0.25, 0.3) is 6.08 Å². The molecule has 1 aliphatic rings. The number of carboxylic acids is 1. The zero-order valence-corrected chi connectivity index (χ0v) is 13.7. The number of carbonyl (C=O) groups is 3. The maximum absolute atomic E-state index is 12.1. The van der Waals surface area contributed by atoms with Crippen molar-refractivity contribution in [3.63, 3.8) is 0 Å². The van der Waals surface area contributed by atoms with E-state index >= 15 is 0 Å². The second kappa shape index (κ2) is 7.22. The zero-order valence-electron chi connectivity index (χ0n) is 13.0. The minimum absolute atomic E-state index is 0.0510. The van der Waals surface area contributed by atoms with Gasteiger partial charge in [-0.2, -0.15) is 0 Å². The third kappa shape index (κ3) is 3.60. The molecule has 1 fully saturated rings. The minimum Gasteiger partial charge on any atom is -0.491 e. The normalized spacial score (nSPS) is 15.6. The van der Waals surface area contributed by atoms with E-state index in [4.69, 9.17) is 26.2 Å². The van der Waals surface area contributed by atoms with Crippen molar-refractivity contribution in [1.29, 1.82) is 0 Å². The standard InChI is InChI=1S/C15H15ClN2O6/c1-3-24-11-6-8(4-9(16)13(11)23-2)5-10-14(21)18(7-12(19)20)15(22)17-10/h4-6H,3,7H2,1-2H3,(H,17,22)(H,19,20)/b10-5+. The van der Waals surface area contributed by atoms with Crippen molar-refractivity contribution in [2.45, 2.75) is 6.92 Å². The maximum atomic E-state index is 12.1. The van der Waals surface area contributed by atoms with Crippen LogP contribution in [0.2, 0.25) is 5.02 Å². The number of halogens is 1. The molecule has 9 heteroatoms. The monoisotopic (exact) mass is 354 g/mol. The molecule has 0 aromatic heterocycles. The molecule has 1 heterocycles. The molecule has 1 aliphatic heterocycles. The molecule has 0 saturated carbocycles. The number of aliphatic carboxylic acids is 1. The van der Waals surface area contributed by atoms with E-state index in [9.17, 15) is 14.4 Å². The summed E-state index contributed by atoms with van der Waals surface area (Å²) in [6, 6.07) is 2.34. The van der Waals surface area contributed by atoms with Gasteiger partial charge in [0, 0.05) is 0 Å². The van der Waals surface area contributed by atoms with Crippen LogP contribution in [0.5, 0.6) is 11.5 Å². The predicted molar refractivity (Wildman–Crippen MR) is 85.0 cm³/mol. The molecular formula is C15H15ClN2O6. The molecule has 0 atom stereocenters. The number of rotatable bonds is 6. The molecule has 0 aliphatic carbocycles. The first-order chi connectivity index (χ1) is 11.4. The average Bonchev–Trinajstić information content (AvgIpc) is 2.75. The topological polar surface area (TPSA) is 105 Å². The summed E-state index contributed by atoms with van der Waals surface area (Å²) in [7, 11) is 1.45. The lowest BCUT2D eigenvalue weighted by molar-refractivity contribution is -0.140. The van der Waals surface area contributed by atoms with E-state index in [1.807, 2.05) is 0 Å². The van der Waals surface area contributed by atoms with E-state index in [1.165, 1.54) is 19.3 Å². The quantitative estimate of drug-likeness (QED) is 0.595. The fourth-order valence-corrected chi connectivity index (χ4v) is 2.45. The summed E-state index contributed by atoms with van der Waals surface area (Å²) in [5.74, 6) is -1.27. The number of urea groups is 1. The van der Waals surface area contributed by atoms with Gasteiger partial charge in [0.25, 0.3) is 5.91 Å². The first-order valence-corrected chi connectivity index (χ1v) is 7.31. The van der Waals surface area contributed by atoms with Crippen molar-refractivity contribution in [1.82, 2.24) is 10.2 Å². The highest BCUT2D eigenvalue weighted by Gasteiger charge is 2.34. The average molecular weight is 355 g/mol. The molecule has 128 valence electrons. The summed E-state index contributed by atoms with van der Waals surface area (Å²) in [6.45, 7) is 1.47. The number of carboxylic acid groups (broad SMARTS) is 1. The Balaban J connectivity index is 2.36. The van der Waals surface area contributed by atoms with Crippen LogP contribution in [0.15, 0.2) is 17.8 Å². The van der Waals surface area contributed by atoms with Gasteiger partial charge in [-0.15, -0.1) is 0 Å². The van der Waals surface area contributed by atoms with Crippen molar-refractivity contribution in [2.24, 2.45) is 0 Å². The largest absolute Gasteiger partial charge is 0.491 e. The summed E-state index contributed by atoms with van der Waals surface area (Å²) in [5.41, 5.74) is 0.440. The number of nitrogens with one attached hydrogen (secondary N) is 1. The summed E-state index contributed by atoms with van der Waals surface area (Å²) >= 11 is 6.12. The lowest BCUT2D eigenvalue weighted by Gasteiger charge is -2.12. The third-order valence-corrected chi connectivity index (χ3v) is 3.38. The summed E-state index contributed by atoms with van der Waals surface area (Å²) in [4.78, 5) is 35.1. The Morgan fingerprint density at radius 1 is 1.42 bits per heavy atom. The van der Waals surface area contributed by atoms with Gasteiger partial charge in [0.05, 0.1) is 18.7 Å². The van der Waals surface area contributed by atoms with Crippen LogP contribution < -0.4 is 14.8 Å². The first-order valence-electron chi connectivity index (χ1n) is 6.94. The number of imide groups is 1. The molecule has 8 nitrogen and oxygen atoms in total. The third-order valence-electron chi connectivity index (χ3n) is 3.10. The van der Waals surface area contributed by atoms with E-state index in [0.29, 0.717) is 28.6 Å². The molecule has 0 spiro atoms. The number of carbonyl (C=O) groups excluding carboxylic acids is 2. The number of hydrogen-bond donors (Lipinski definition) is 2. The molecule has 1 aromatic rings. The van der Waals surface area contributed by atoms with E-state index < -0.39 is 24.5 Å². The van der Waals surface area contributed by atoms with Crippen molar-refractivity contribution in [2.75, 3.05) is 20.3 Å². The molecular weight excluding hydrogens is 340 g/mol. The molecule has 2 rings (SSSR count). The van der Waals surface area contributed by atoms with Gasteiger partial charge < -0.3 is 19.9 Å². The van der Waals surface area contributed by atoms with Crippen LogP contribution in [-0.4, -0.2) is 48.2 Å². The summed E-state index contributed by atoms with van der Waals surface area (Å²) < 4.78 is 10.6. The van der Waals surface area contributed by atoms with Gasteiger partial charge in [-0.1, -0.05) is 11.6 Å². The Kier molecular flexibility index (Phi) is 5.30. The highest BCUT2D eigenvalue weighted by atomic mass is 35.5. The van der Waals surface area contributed by atoms with E-state index in [-0.39, 0.29) is 10.7 Å². The Bertz CT molecular complexity index is 731. The number of hydrogen-bond acceptors (Lipinski definition) is 5. The van der Waals surface area contributed by atoms with Gasteiger partial charge in [0.2, 0.25) is 0 Å². The molecule has 0 unspecified atom stereocenters. The first kappa shape index (κ1) is 17.6. The van der Waals surface area contributed by atoms with Gasteiger partial charge in [-0.05, 0) is 30.7 Å². The Morgan fingerprint density at radius 3 is 2.71 bits per heavy atom. The SMILES string of the molecule is CCOc1cc(/C=C2/NC(=O)N(CC(=O)O)C2=O)cc(Cl)c1OC. The summed E-state index contributed by atoms with van der Waals surface area (Å²) in [5, 5.41) is 11.3. The second-order valence-corrected chi connectivity index (χ2v) is 5.15. The van der Waals surface area contributed by atoms with Crippen molar-refractivity contribution >= 4 is 35.6 Å². The number of nitrogens with zero attached hydrogens (tertiary/aromatic N) is 1.